The molecule has 0 aromatic heterocycles. The molecule has 0 saturated heterocycles. The zero-order valence-corrected chi connectivity index (χ0v) is 20.1. The number of benzene rings is 2. The number of allylic oxidation sites excluding steroid dienone is 1. The molecular formula is C26H31NO8. The van der Waals surface area contributed by atoms with E-state index in [9.17, 15) is 9.90 Å². The first-order chi connectivity index (χ1) is 17.0. The molecule has 188 valence electrons. The van der Waals surface area contributed by atoms with Crippen LogP contribution in [0.3, 0.4) is 0 Å². The van der Waals surface area contributed by atoms with E-state index in [1.54, 1.807) is 7.05 Å². The normalized spacial score (nSPS) is 18.8. The van der Waals surface area contributed by atoms with Crippen LogP contribution in [0.1, 0.15) is 29.0 Å². The first kappa shape index (κ1) is 25.0. The first-order valence-electron chi connectivity index (χ1n) is 11.4. The molecule has 35 heavy (non-hydrogen) atoms. The molecule has 0 saturated carbocycles. The summed E-state index contributed by atoms with van der Waals surface area (Å²) in [6, 6.07) is 13.3. The summed E-state index contributed by atoms with van der Waals surface area (Å²) in [5.41, 5.74) is 2.74. The van der Waals surface area contributed by atoms with Crippen LogP contribution in [0.2, 0.25) is 0 Å². The number of carbonyl (C=O) groups is 1. The van der Waals surface area contributed by atoms with E-state index in [1.807, 2.05) is 48.5 Å². The molecular weight excluding hydrogens is 454 g/mol. The molecule has 2 heterocycles. The minimum absolute atomic E-state index is 0.0130. The lowest BCUT2D eigenvalue weighted by molar-refractivity contribution is -0.160. The predicted octanol–water partition coefficient (Wildman–Crippen LogP) is 2.92. The lowest BCUT2D eigenvalue weighted by atomic mass is 9.92. The highest BCUT2D eigenvalue weighted by atomic mass is 16.7. The fourth-order valence-corrected chi connectivity index (χ4v) is 3.96. The van der Waals surface area contributed by atoms with Gasteiger partial charge < -0.3 is 38.4 Å². The van der Waals surface area contributed by atoms with E-state index < -0.39 is 12.6 Å². The molecule has 0 bridgehead atoms. The average molecular weight is 486 g/mol. The zero-order chi connectivity index (χ0) is 24.8. The molecule has 9 heteroatoms. The summed E-state index contributed by atoms with van der Waals surface area (Å²) in [6.07, 6.45) is 1.15. The summed E-state index contributed by atoms with van der Waals surface area (Å²) < 4.78 is 33.5. The molecule has 1 N–H and O–H groups in total. The van der Waals surface area contributed by atoms with E-state index in [1.165, 1.54) is 19.1 Å². The third-order valence-corrected chi connectivity index (χ3v) is 6.03. The number of ether oxygens (including phenoxy) is 6. The Bertz CT molecular complexity index is 1030. The third kappa shape index (κ3) is 6.12. The molecule has 4 rings (SSSR count). The molecule has 2 atom stereocenters. The van der Waals surface area contributed by atoms with Gasteiger partial charge in [-0.1, -0.05) is 30.3 Å². The van der Waals surface area contributed by atoms with E-state index in [2.05, 4.69) is 0 Å². The van der Waals surface area contributed by atoms with Crippen molar-refractivity contribution < 1.29 is 38.3 Å². The molecule has 0 aliphatic carbocycles. The van der Waals surface area contributed by atoms with Gasteiger partial charge in [-0.25, -0.2) is 0 Å². The van der Waals surface area contributed by atoms with E-state index in [-0.39, 0.29) is 37.5 Å². The molecule has 0 spiro atoms. The highest BCUT2D eigenvalue weighted by Crippen LogP contribution is 2.38. The number of nitrogens with zero attached hydrogens (tertiary/aromatic N) is 1. The van der Waals surface area contributed by atoms with Gasteiger partial charge in [0.1, 0.15) is 0 Å². The second-order valence-electron chi connectivity index (χ2n) is 8.41. The van der Waals surface area contributed by atoms with E-state index in [4.69, 9.17) is 28.4 Å². The Labute approximate surface area is 204 Å². The maximum Gasteiger partial charge on any atom is 0.288 e. The molecule has 0 fully saturated rings. The van der Waals surface area contributed by atoms with Crippen LogP contribution in [0.5, 0.6) is 11.5 Å². The SMILES string of the molecule is COC(CN(C)C(=O)C1=C[C@@H](c2ccc3c(c2)OCO3)C[C@@H](OCc2ccc(CO)cc2)O1)OC. The van der Waals surface area contributed by atoms with Gasteiger partial charge in [0.05, 0.1) is 19.8 Å². The molecule has 2 aromatic carbocycles. The van der Waals surface area contributed by atoms with Gasteiger partial charge in [0.15, 0.2) is 23.5 Å². The van der Waals surface area contributed by atoms with Gasteiger partial charge in [0, 0.05) is 33.6 Å². The summed E-state index contributed by atoms with van der Waals surface area (Å²) in [6.45, 7) is 0.722. The smallest absolute Gasteiger partial charge is 0.288 e. The maximum atomic E-state index is 13.2. The Hall–Kier alpha value is -3.11. The predicted molar refractivity (Wildman–Crippen MR) is 125 cm³/mol. The van der Waals surface area contributed by atoms with Crippen molar-refractivity contribution in [3.63, 3.8) is 0 Å². The number of fused-ring (bicyclic) bond motifs is 1. The number of rotatable bonds is 10. The zero-order valence-electron chi connectivity index (χ0n) is 20.1. The Morgan fingerprint density at radius 2 is 1.80 bits per heavy atom. The second kappa shape index (κ2) is 11.5. The number of likely N-dealkylation sites (N-methyl/N-ethyl adjacent to an activating group) is 1. The summed E-state index contributed by atoms with van der Waals surface area (Å²) in [7, 11) is 4.71. The number of amides is 1. The summed E-state index contributed by atoms with van der Waals surface area (Å²) in [4.78, 5) is 14.7. The number of carbonyl (C=O) groups excluding carboxylic acids is 1. The molecule has 9 nitrogen and oxygen atoms in total. The molecule has 1 amide bonds. The van der Waals surface area contributed by atoms with Crippen molar-refractivity contribution in [2.45, 2.75) is 38.1 Å². The topological polar surface area (TPSA) is 95.9 Å². The van der Waals surface area contributed by atoms with Crippen molar-refractivity contribution in [1.29, 1.82) is 0 Å². The number of methoxy groups -OCH3 is 2. The summed E-state index contributed by atoms with van der Waals surface area (Å²) >= 11 is 0. The minimum atomic E-state index is -0.638. The monoisotopic (exact) mass is 485 g/mol. The lowest BCUT2D eigenvalue weighted by Gasteiger charge is -2.31. The van der Waals surface area contributed by atoms with Crippen molar-refractivity contribution in [1.82, 2.24) is 4.90 Å². The summed E-state index contributed by atoms with van der Waals surface area (Å²) in [5, 5.41) is 9.24. The molecule has 2 aliphatic heterocycles. The number of hydrogen-bond acceptors (Lipinski definition) is 8. The standard InChI is InChI=1S/C26H31NO8/c1-27(13-25(30-2)31-3)26(29)23-11-20(19-8-9-21-22(10-19)34-16-33-21)12-24(35-23)32-15-18-6-4-17(14-28)5-7-18/h4-11,20,24-25,28H,12-16H2,1-3H3/t20-,24+/m1/s1. The van der Waals surface area contributed by atoms with Gasteiger partial charge in [-0.2, -0.15) is 0 Å². The van der Waals surface area contributed by atoms with Gasteiger partial charge in [0.25, 0.3) is 5.91 Å². The Morgan fingerprint density at radius 3 is 2.51 bits per heavy atom. The van der Waals surface area contributed by atoms with Crippen molar-refractivity contribution >= 4 is 5.91 Å². The second-order valence-corrected chi connectivity index (χ2v) is 8.41. The van der Waals surface area contributed by atoms with Crippen LogP contribution in [0, 0.1) is 0 Å². The van der Waals surface area contributed by atoms with Crippen LogP contribution >= 0.6 is 0 Å². The molecule has 2 aliphatic rings. The lowest BCUT2D eigenvalue weighted by Crippen LogP contribution is -2.39. The third-order valence-electron chi connectivity index (χ3n) is 6.03. The van der Waals surface area contributed by atoms with Gasteiger partial charge >= 0.3 is 0 Å². The van der Waals surface area contributed by atoms with Crippen molar-refractivity contribution in [3.05, 3.63) is 71.0 Å². The quantitative estimate of drug-likeness (QED) is 0.514. The van der Waals surface area contributed by atoms with Gasteiger partial charge in [0.2, 0.25) is 13.1 Å². The Kier molecular flexibility index (Phi) is 8.25. The Balaban J connectivity index is 1.52. The van der Waals surface area contributed by atoms with Crippen LogP contribution < -0.4 is 9.47 Å². The fourth-order valence-electron chi connectivity index (χ4n) is 3.96. The maximum absolute atomic E-state index is 13.2. The first-order valence-corrected chi connectivity index (χ1v) is 11.4. The molecule has 0 unspecified atom stereocenters. The van der Waals surface area contributed by atoms with Crippen molar-refractivity contribution in [2.75, 3.05) is 34.6 Å². The molecule has 2 aromatic rings. The van der Waals surface area contributed by atoms with E-state index >= 15 is 0 Å². The van der Waals surface area contributed by atoms with Gasteiger partial charge in [-0.05, 0) is 34.9 Å². The van der Waals surface area contributed by atoms with Crippen LogP contribution in [0.15, 0.2) is 54.3 Å². The van der Waals surface area contributed by atoms with Crippen LogP contribution in [0.4, 0.5) is 0 Å². The van der Waals surface area contributed by atoms with E-state index in [0.717, 1.165) is 16.7 Å². The van der Waals surface area contributed by atoms with Crippen LogP contribution in [-0.4, -0.2) is 63.1 Å². The van der Waals surface area contributed by atoms with Crippen molar-refractivity contribution in [3.8, 4) is 11.5 Å². The summed E-state index contributed by atoms with van der Waals surface area (Å²) in [5.74, 6) is 1.15. The minimum Gasteiger partial charge on any atom is -0.459 e. The number of hydrogen-bond donors (Lipinski definition) is 1. The fraction of sp³-hybridized carbons (Fsp3) is 0.423. The van der Waals surface area contributed by atoms with E-state index in [0.29, 0.717) is 24.5 Å². The Morgan fingerprint density at radius 1 is 1.09 bits per heavy atom. The van der Waals surface area contributed by atoms with Gasteiger partial charge in [-0.15, -0.1) is 0 Å². The highest BCUT2D eigenvalue weighted by Gasteiger charge is 2.31. The highest BCUT2D eigenvalue weighted by molar-refractivity contribution is 5.91. The van der Waals surface area contributed by atoms with Crippen LogP contribution in [0.25, 0.3) is 0 Å². The number of aliphatic hydroxyl groups is 1. The van der Waals surface area contributed by atoms with Crippen LogP contribution in [-0.2, 0) is 37.0 Å². The molecule has 0 radical (unpaired) electrons. The van der Waals surface area contributed by atoms with Crippen molar-refractivity contribution in [2.24, 2.45) is 0 Å². The number of aliphatic hydroxyl groups excluding tert-OH is 1. The average Bonchev–Trinajstić information content (AvgIpc) is 3.38. The van der Waals surface area contributed by atoms with Gasteiger partial charge in [-0.3, -0.25) is 4.79 Å². The largest absolute Gasteiger partial charge is 0.459 e.